The van der Waals surface area contributed by atoms with Crippen LogP contribution in [0.4, 0.5) is 0 Å². The molecule has 1 saturated heterocycles. The third-order valence-electron chi connectivity index (χ3n) is 7.85. The van der Waals surface area contributed by atoms with Crippen LogP contribution in [0.3, 0.4) is 0 Å². The molecule has 1 aliphatic heterocycles. The predicted octanol–water partition coefficient (Wildman–Crippen LogP) is 8.42. The molecule has 0 N–H and O–H groups in total. The highest BCUT2D eigenvalue weighted by Gasteiger charge is 2.28. The average molecular weight is 528 g/mol. The van der Waals surface area contributed by atoms with E-state index in [1.54, 1.807) is 0 Å². The molecule has 1 heterocycles. The SMILES string of the molecule is C=C(/C=C\C=C/C)CCN1CCN(C(=C\C)/N=C\C2=C(C)c3ccccc3C(C3=C(Cl)CCC=C3)C2)CC1. The van der Waals surface area contributed by atoms with E-state index in [1.807, 2.05) is 19.1 Å². The first-order chi connectivity index (χ1) is 18.5. The van der Waals surface area contributed by atoms with Gasteiger partial charge in [-0.2, -0.15) is 0 Å². The highest BCUT2D eigenvalue weighted by atomic mass is 35.5. The van der Waals surface area contributed by atoms with Gasteiger partial charge in [0.1, 0.15) is 5.82 Å². The highest BCUT2D eigenvalue weighted by molar-refractivity contribution is 6.30. The van der Waals surface area contributed by atoms with Crippen molar-refractivity contribution in [2.24, 2.45) is 4.99 Å². The van der Waals surface area contributed by atoms with Crippen molar-refractivity contribution >= 4 is 23.4 Å². The molecule has 2 aliphatic carbocycles. The summed E-state index contributed by atoms with van der Waals surface area (Å²) >= 11 is 6.75. The molecular weight excluding hydrogens is 486 g/mol. The van der Waals surface area contributed by atoms with E-state index < -0.39 is 0 Å². The van der Waals surface area contributed by atoms with Gasteiger partial charge in [-0.05, 0) is 80.4 Å². The minimum Gasteiger partial charge on any atom is -0.354 e. The monoisotopic (exact) mass is 527 g/mol. The van der Waals surface area contributed by atoms with Crippen molar-refractivity contribution in [2.45, 2.75) is 52.4 Å². The van der Waals surface area contributed by atoms with Crippen LogP contribution in [0.2, 0.25) is 0 Å². The Labute approximate surface area is 235 Å². The normalized spacial score (nSPS) is 21.4. The van der Waals surface area contributed by atoms with E-state index >= 15 is 0 Å². The number of halogens is 1. The number of rotatable bonds is 9. The smallest absolute Gasteiger partial charge is 0.124 e. The molecule has 1 unspecified atom stereocenters. The third kappa shape index (κ3) is 6.95. The maximum atomic E-state index is 6.75. The van der Waals surface area contributed by atoms with Gasteiger partial charge in [-0.15, -0.1) is 0 Å². The number of piperazine rings is 1. The van der Waals surface area contributed by atoms with Crippen LogP contribution < -0.4 is 0 Å². The molecule has 0 spiro atoms. The number of fused-ring (bicyclic) bond motifs is 1. The van der Waals surface area contributed by atoms with Gasteiger partial charge in [0, 0.05) is 49.9 Å². The van der Waals surface area contributed by atoms with E-state index in [0.29, 0.717) is 0 Å². The Morgan fingerprint density at radius 3 is 2.66 bits per heavy atom. The summed E-state index contributed by atoms with van der Waals surface area (Å²) < 4.78 is 0. The lowest BCUT2D eigenvalue weighted by Crippen LogP contribution is -2.45. The second-order valence-corrected chi connectivity index (χ2v) is 10.8. The topological polar surface area (TPSA) is 18.8 Å². The van der Waals surface area contributed by atoms with Gasteiger partial charge in [0.05, 0.1) is 0 Å². The molecule has 4 heteroatoms. The highest BCUT2D eigenvalue weighted by Crippen LogP contribution is 2.44. The van der Waals surface area contributed by atoms with Crippen molar-refractivity contribution in [3.63, 3.8) is 0 Å². The molecule has 1 fully saturated rings. The van der Waals surface area contributed by atoms with Crippen LogP contribution in [-0.2, 0) is 0 Å². The predicted molar refractivity (Wildman–Crippen MR) is 166 cm³/mol. The molecule has 0 amide bonds. The Bertz CT molecular complexity index is 1220. The Balaban J connectivity index is 1.42. The van der Waals surface area contributed by atoms with E-state index in [2.05, 4.69) is 91.1 Å². The fraction of sp³-hybridized carbons (Fsp3) is 0.382. The van der Waals surface area contributed by atoms with Gasteiger partial charge in [0.25, 0.3) is 0 Å². The molecule has 4 rings (SSSR count). The lowest BCUT2D eigenvalue weighted by atomic mass is 9.75. The number of allylic oxidation sites excluding steroid dienone is 11. The summed E-state index contributed by atoms with van der Waals surface area (Å²) in [6.07, 6.45) is 20.9. The van der Waals surface area contributed by atoms with Crippen LogP contribution in [-0.4, -0.2) is 48.7 Å². The maximum Gasteiger partial charge on any atom is 0.124 e. The standard InChI is InChI=1S/C34H42ClN3/c1-5-7-8-13-26(3)18-19-37-20-22-38(23-21-37)34(6-2)36-25-28-24-32(31-16-11-12-17-33(31)35)30-15-10-9-14-29(30)27(28)4/h5-11,13-16,25,32H,3,12,17-24H2,1-2,4H3/b7-5-,13-8-,34-6-,36-25-. The summed E-state index contributed by atoms with van der Waals surface area (Å²) in [5.41, 5.74) is 7.77. The zero-order valence-corrected chi connectivity index (χ0v) is 24.1. The molecule has 200 valence electrons. The number of hydrogen-bond donors (Lipinski definition) is 0. The van der Waals surface area contributed by atoms with Gasteiger partial charge in [-0.1, -0.05) is 84.5 Å². The fourth-order valence-electron chi connectivity index (χ4n) is 5.56. The van der Waals surface area contributed by atoms with Crippen molar-refractivity contribution in [1.29, 1.82) is 0 Å². The van der Waals surface area contributed by atoms with Gasteiger partial charge < -0.3 is 4.90 Å². The Morgan fingerprint density at radius 2 is 1.92 bits per heavy atom. The zero-order chi connectivity index (χ0) is 26.9. The minimum absolute atomic E-state index is 0.278. The molecule has 1 aromatic carbocycles. The molecule has 0 aromatic heterocycles. The summed E-state index contributed by atoms with van der Waals surface area (Å²) in [6.45, 7) is 15.7. The first kappa shape index (κ1) is 28.1. The van der Waals surface area contributed by atoms with Crippen molar-refractivity contribution in [3.8, 4) is 0 Å². The van der Waals surface area contributed by atoms with Crippen LogP contribution in [0.25, 0.3) is 5.57 Å². The van der Waals surface area contributed by atoms with Crippen molar-refractivity contribution in [2.75, 3.05) is 32.7 Å². The lowest BCUT2D eigenvalue weighted by molar-refractivity contribution is 0.159. The Hall–Kier alpha value is -2.88. The summed E-state index contributed by atoms with van der Waals surface area (Å²) in [5.74, 6) is 1.34. The molecule has 0 saturated carbocycles. The molecule has 0 bridgehead atoms. The fourth-order valence-corrected chi connectivity index (χ4v) is 5.86. The summed E-state index contributed by atoms with van der Waals surface area (Å²) in [5, 5.41) is 1.01. The van der Waals surface area contributed by atoms with Gasteiger partial charge in [-0.25, -0.2) is 4.99 Å². The van der Waals surface area contributed by atoms with E-state index in [4.69, 9.17) is 16.6 Å². The van der Waals surface area contributed by atoms with Gasteiger partial charge in [-0.3, -0.25) is 4.90 Å². The number of benzene rings is 1. The van der Waals surface area contributed by atoms with Crippen LogP contribution >= 0.6 is 11.6 Å². The molecule has 1 aromatic rings. The number of aliphatic imine (C=N–C) groups is 1. The summed E-state index contributed by atoms with van der Waals surface area (Å²) in [7, 11) is 0. The zero-order valence-electron chi connectivity index (χ0n) is 23.3. The Kier molecular flexibility index (Phi) is 10.2. The lowest BCUT2D eigenvalue weighted by Gasteiger charge is -2.36. The van der Waals surface area contributed by atoms with Crippen LogP contribution in [0.5, 0.6) is 0 Å². The van der Waals surface area contributed by atoms with Gasteiger partial charge >= 0.3 is 0 Å². The third-order valence-corrected chi connectivity index (χ3v) is 8.26. The largest absolute Gasteiger partial charge is 0.354 e. The van der Waals surface area contributed by atoms with Crippen LogP contribution in [0.15, 0.2) is 106 Å². The first-order valence-corrected chi connectivity index (χ1v) is 14.4. The van der Waals surface area contributed by atoms with E-state index in [1.165, 1.54) is 33.4 Å². The number of hydrogen-bond acceptors (Lipinski definition) is 3. The minimum atomic E-state index is 0.278. The molecule has 1 atom stereocenters. The van der Waals surface area contributed by atoms with Gasteiger partial charge in [0.15, 0.2) is 0 Å². The second-order valence-electron chi connectivity index (χ2n) is 10.3. The molecule has 0 radical (unpaired) electrons. The van der Waals surface area contributed by atoms with E-state index in [0.717, 1.165) is 69.3 Å². The van der Waals surface area contributed by atoms with Crippen LogP contribution in [0.1, 0.15) is 63.5 Å². The average Bonchev–Trinajstić information content (AvgIpc) is 2.94. The molecule has 3 aliphatic rings. The van der Waals surface area contributed by atoms with Crippen molar-refractivity contribution < 1.29 is 0 Å². The second kappa shape index (κ2) is 13.8. The van der Waals surface area contributed by atoms with E-state index in [-0.39, 0.29) is 5.92 Å². The Morgan fingerprint density at radius 1 is 1.13 bits per heavy atom. The van der Waals surface area contributed by atoms with Gasteiger partial charge in [0.2, 0.25) is 0 Å². The van der Waals surface area contributed by atoms with Crippen molar-refractivity contribution in [3.05, 3.63) is 112 Å². The quantitative estimate of drug-likeness (QED) is 0.237. The number of nitrogens with zero attached hydrogens (tertiary/aromatic N) is 3. The molecule has 3 nitrogen and oxygen atoms in total. The van der Waals surface area contributed by atoms with E-state index in [9.17, 15) is 0 Å². The maximum absolute atomic E-state index is 6.75. The first-order valence-electron chi connectivity index (χ1n) is 14.0. The summed E-state index contributed by atoms with van der Waals surface area (Å²) in [6, 6.07) is 8.79. The van der Waals surface area contributed by atoms with Crippen molar-refractivity contribution in [1.82, 2.24) is 9.80 Å². The summed E-state index contributed by atoms with van der Waals surface area (Å²) in [4.78, 5) is 9.99. The van der Waals surface area contributed by atoms with Crippen LogP contribution in [0, 0.1) is 0 Å². The molecule has 38 heavy (non-hydrogen) atoms. The molecular formula is C34H42ClN3.